The van der Waals surface area contributed by atoms with Gasteiger partial charge in [-0.05, 0) is 30.5 Å². The van der Waals surface area contributed by atoms with Crippen molar-refractivity contribution < 1.29 is 5.11 Å². The van der Waals surface area contributed by atoms with E-state index in [0.29, 0.717) is 0 Å². The number of unbranched alkanes of at least 4 members (excludes halogenated alkanes) is 1. The van der Waals surface area contributed by atoms with Crippen LogP contribution in [0.5, 0.6) is 0 Å². The molecule has 1 aromatic carbocycles. The molecule has 1 unspecified atom stereocenters. The van der Waals surface area contributed by atoms with Crippen LogP contribution in [-0.2, 0) is 0 Å². The molecule has 0 saturated heterocycles. The van der Waals surface area contributed by atoms with Crippen LogP contribution in [0.2, 0.25) is 0 Å². The fraction of sp³-hybridized carbons (Fsp3) is 0.571. The maximum atomic E-state index is 9.69. The number of aliphatic hydroxyl groups excluding tert-OH is 1. The Hall–Kier alpha value is -1.02. The van der Waals surface area contributed by atoms with Crippen molar-refractivity contribution >= 4 is 5.69 Å². The SMILES string of the molecule is CCCCN(C)c1ccc(C(O)CC)cc1. The van der Waals surface area contributed by atoms with Crippen LogP contribution >= 0.6 is 0 Å². The van der Waals surface area contributed by atoms with Crippen LogP contribution in [0.1, 0.15) is 44.8 Å². The number of anilines is 1. The molecular weight excluding hydrogens is 198 g/mol. The van der Waals surface area contributed by atoms with Crippen molar-refractivity contribution in [2.24, 2.45) is 0 Å². The van der Waals surface area contributed by atoms with E-state index in [1.807, 2.05) is 19.1 Å². The molecule has 1 atom stereocenters. The van der Waals surface area contributed by atoms with E-state index in [-0.39, 0.29) is 6.10 Å². The predicted molar refractivity (Wildman–Crippen MR) is 69.9 cm³/mol. The minimum Gasteiger partial charge on any atom is -0.388 e. The summed E-state index contributed by atoms with van der Waals surface area (Å²) < 4.78 is 0. The molecule has 90 valence electrons. The number of hydrogen-bond acceptors (Lipinski definition) is 2. The fourth-order valence-electron chi connectivity index (χ4n) is 1.71. The molecule has 0 radical (unpaired) electrons. The molecule has 1 rings (SSSR count). The second kappa shape index (κ2) is 6.54. The molecule has 0 aliphatic carbocycles. The van der Waals surface area contributed by atoms with Crippen LogP contribution < -0.4 is 4.90 Å². The number of aliphatic hydroxyl groups is 1. The highest BCUT2D eigenvalue weighted by Crippen LogP contribution is 2.20. The molecule has 0 fully saturated rings. The van der Waals surface area contributed by atoms with Crippen molar-refractivity contribution in [3.8, 4) is 0 Å². The van der Waals surface area contributed by atoms with E-state index in [0.717, 1.165) is 18.5 Å². The van der Waals surface area contributed by atoms with Gasteiger partial charge in [0.2, 0.25) is 0 Å². The van der Waals surface area contributed by atoms with E-state index >= 15 is 0 Å². The van der Waals surface area contributed by atoms with Crippen LogP contribution in [0, 0.1) is 0 Å². The number of nitrogens with zero attached hydrogens (tertiary/aromatic N) is 1. The Morgan fingerprint density at radius 3 is 2.31 bits per heavy atom. The summed E-state index contributed by atoms with van der Waals surface area (Å²) >= 11 is 0. The molecule has 1 N–H and O–H groups in total. The normalized spacial score (nSPS) is 12.5. The highest BCUT2D eigenvalue weighted by atomic mass is 16.3. The summed E-state index contributed by atoms with van der Waals surface area (Å²) in [6.45, 7) is 5.28. The summed E-state index contributed by atoms with van der Waals surface area (Å²) in [4.78, 5) is 2.26. The summed E-state index contributed by atoms with van der Waals surface area (Å²) in [7, 11) is 2.11. The molecule has 0 heterocycles. The molecule has 0 aromatic heterocycles. The summed E-state index contributed by atoms with van der Waals surface area (Å²) in [5.74, 6) is 0. The molecule has 0 bridgehead atoms. The smallest absolute Gasteiger partial charge is 0.0787 e. The van der Waals surface area contributed by atoms with Gasteiger partial charge in [-0.25, -0.2) is 0 Å². The van der Waals surface area contributed by atoms with Crippen molar-refractivity contribution in [3.63, 3.8) is 0 Å². The van der Waals surface area contributed by atoms with Gasteiger partial charge in [-0.2, -0.15) is 0 Å². The first-order valence-corrected chi connectivity index (χ1v) is 6.18. The van der Waals surface area contributed by atoms with E-state index in [1.165, 1.54) is 18.5 Å². The average Bonchev–Trinajstić information content (AvgIpc) is 2.35. The molecule has 0 spiro atoms. The summed E-state index contributed by atoms with van der Waals surface area (Å²) in [5, 5.41) is 9.69. The molecule has 1 aromatic rings. The first-order valence-electron chi connectivity index (χ1n) is 6.18. The van der Waals surface area contributed by atoms with Crippen LogP contribution in [0.15, 0.2) is 24.3 Å². The molecule has 16 heavy (non-hydrogen) atoms. The van der Waals surface area contributed by atoms with Crippen molar-refractivity contribution in [2.75, 3.05) is 18.5 Å². The number of hydrogen-bond donors (Lipinski definition) is 1. The molecule has 0 aliphatic rings. The predicted octanol–water partition coefficient (Wildman–Crippen LogP) is 3.37. The Bertz CT molecular complexity index is 294. The summed E-state index contributed by atoms with van der Waals surface area (Å²) in [5.41, 5.74) is 2.23. The topological polar surface area (TPSA) is 23.5 Å². The van der Waals surface area contributed by atoms with Gasteiger partial charge < -0.3 is 10.0 Å². The maximum absolute atomic E-state index is 9.69. The standard InChI is InChI=1S/C14H23NO/c1-4-6-11-15(3)13-9-7-12(8-10-13)14(16)5-2/h7-10,14,16H,4-6,11H2,1-3H3. The van der Waals surface area contributed by atoms with E-state index in [2.05, 4.69) is 31.0 Å². The first kappa shape index (κ1) is 13.0. The van der Waals surface area contributed by atoms with Gasteiger partial charge in [0.05, 0.1) is 6.10 Å². The summed E-state index contributed by atoms with van der Waals surface area (Å²) in [6.07, 6.45) is 2.88. The summed E-state index contributed by atoms with van der Waals surface area (Å²) in [6, 6.07) is 8.21. The average molecular weight is 221 g/mol. The van der Waals surface area contributed by atoms with E-state index in [9.17, 15) is 5.11 Å². The number of rotatable bonds is 6. The van der Waals surface area contributed by atoms with Crippen molar-refractivity contribution in [2.45, 2.75) is 39.2 Å². The van der Waals surface area contributed by atoms with Gasteiger partial charge in [0.25, 0.3) is 0 Å². The third-order valence-corrected chi connectivity index (χ3v) is 2.95. The van der Waals surface area contributed by atoms with Gasteiger partial charge >= 0.3 is 0 Å². The van der Waals surface area contributed by atoms with E-state index in [4.69, 9.17) is 0 Å². The van der Waals surface area contributed by atoms with Gasteiger partial charge in [-0.1, -0.05) is 32.4 Å². The van der Waals surface area contributed by atoms with Gasteiger partial charge in [-0.15, -0.1) is 0 Å². The quantitative estimate of drug-likeness (QED) is 0.796. The monoisotopic (exact) mass is 221 g/mol. The van der Waals surface area contributed by atoms with Crippen LogP contribution in [0.25, 0.3) is 0 Å². The van der Waals surface area contributed by atoms with Crippen LogP contribution in [-0.4, -0.2) is 18.7 Å². The molecule has 0 aliphatic heterocycles. The second-order valence-electron chi connectivity index (χ2n) is 4.29. The Morgan fingerprint density at radius 1 is 1.19 bits per heavy atom. The lowest BCUT2D eigenvalue weighted by Gasteiger charge is -2.19. The lowest BCUT2D eigenvalue weighted by molar-refractivity contribution is 0.173. The van der Waals surface area contributed by atoms with E-state index in [1.54, 1.807) is 0 Å². The largest absolute Gasteiger partial charge is 0.388 e. The fourth-order valence-corrected chi connectivity index (χ4v) is 1.71. The van der Waals surface area contributed by atoms with Crippen molar-refractivity contribution in [1.82, 2.24) is 0 Å². The highest BCUT2D eigenvalue weighted by molar-refractivity contribution is 5.47. The zero-order valence-electron chi connectivity index (χ0n) is 10.6. The minimum atomic E-state index is -0.324. The van der Waals surface area contributed by atoms with Gasteiger partial charge in [0, 0.05) is 19.3 Å². The molecule has 0 saturated carbocycles. The zero-order chi connectivity index (χ0) is 12.0. The maximum Gasteiger partial charge on any atom is 0.0787 e. The molecular formula is C14H23NO. The molecule has 0 amide bonds. The van der Waals surface area contributed by atoms with Crippen LogP contribution in [0.3, 0.4) is 0 Å². The number of benzene rings is 1. The molecule has 2 nitrogen and oxygen atoms in total. The van der Waals surface area contributed by atoms with E-state index < -0.39 is 0 Å². The third kappa shape index (κ3) is 3.53. The molecule has 2 heteroatoms. The minimum absolute atomic E-state index is 0.324. The zero-order valence-corrected chi connectivity index (χ0v) is 10.6. The Kier molecular flexibility index (Phi) is 5.33. The van der Waals surface area contributed by atoms with Gasteiger partial charge in [0.15, 0.2) is 0 Å². The lowest BCUT2D eigenvalue weighted by atomic mass is 10.1. The second-order valence-corrected chi connectivity index (χ2v) is 4.29. The van der Waals surface area contributed by atoms with Gasteiger partial charge in [0.1, 0.15) is 0 Å². The third-order valence-electron chi connectivity index (χ3n) is 2.95. The first-order chi connectivity index (χ1) is 7.69. The Morgan fingerprint density at radius 2 is 1.81 bits per heavy atom. The van der Waals surface area contributed by atoms with Crippen molar-refractivity contribution in [3.05, 3.63) is 29.8 Å². The Labute approximate surface area is 98.9 Å². The highest BCUT2D eigenvalue weighted by Gasteiger charge is 2.05. The van der Waals surface area contributed by atoms with Crippen molar-refractivity contribution in [1.29, 1.82) is 0 Å². The Balaban J connectivity index is 2.63. The van der Waals surface area contributed by atoms with Gasteiger partial charge in [-0.3, -0.25) is 0 Å². The lowest BCUT2D eigenvalue weighted by Crippen LogP contribution is -2.18. The van der Waals surface area contributed by atoms with Crippen LogP contribution in [0.4, 0.5) is 5.69 Å².